The van der Waals surface area contributed by atoms with Gasteiger partial charge in [-0.1, -0.05) is 12.1 Å². The van der Waals surface area contributed by atoms with E-state index in [0.29, 0.717) is 18.0 Å². The third-order valence-electron chi connectivity index (χ3n) is 3.53. The fourth-order valence-corrected chi connectivity index (χ4v) is 2.41. The van der Waals surface area contributed by atoms with Gasteiger partial charge in [0, 0.05) is 12.6 Å². The van der Waals surface area contributed by atoms with Gasteiger partial charge in [-0.05, 0) is 62.0 Å². The minimum atomic E-state index is -0.294. The van der Waals surface area contributed by atoms with Crippen LogP contribution in [0.25, 0.3) is 6.08 Å². The summed E-state index contributed by atoms with van der Waals surface area (Å²) in [5.41, 5.74) is 0.691. The van der Waals surface area contributed by atoms with E-state index in [-0.39, 0.29) is 11.7 Å². The number of benzene rings is 1. The minimum absolute atomic E-state index is 0.127. The number of amides is 1. The Kier molecular flexibility index (Phi) is 5.74. The monoisotopic (exact) mass is 276 g/mol. The van der Waals surface area contributed by atoms with Crippen molar-refractivity contribution >= 4 is 12.0 Å². The average Bonchev–Trinajstić information content (AvgIpc) is 2.46. The molecule has 1 amide bonds. The number of piperidine rings is 1. The predicted octanol–water partition coefficient (Wildman–Crippen LogP) is 2.34. The summed E-state index contributed by atoms with van der Waals surface area (Å²) in [4.78, 5) is 11.6. The van der Waals surface area contributed by atoms with Crippen LogP contribution in [-0.2, 0) is 4.79 Å². The molecule has 0 aliphatic carbocycles. The van der Waals surface area contributed by atoms with Gasteiger partial charge in [0.2, 0.25) is 5.91 Å². The van der Waals surface area contributed by atoms with Gasteiger partial charge in [-0.15, -0.1) is 0 Å². The SMILES string of the molecule is O=C(/C=C/c1cccc(F)c1)NCC[C@@H]1CCCNC1. The molecule has 1 fully saturated rings. The third kappa shape index (κ3) is 5.13. The van der Waals surface area contributed by atoms with Crippen molar-refractivity contribution in [2.75, 3.05) is 19.6 Å². The molecule has 1 saturated heterocycles. The smallest absolute Gasteiger partial charge is 0.243 e. The molecule has 0 saturated carbocycles. The molecule has 1 atom stereocenters. The number of hydrogen-bond donors (Lipinski definition) is 2. The summed E-state index contributed by atoms with van der Waals surface area (Å²) in [5.74, 6) is 0.242. The highest BCUT2D eigenvalue weighted by Gasteiger charge is 2.12. The summed E-state index contributed by atoms with van der Waals surface area (Å²) >= 11 is 0. The first kappa shape index (κ1) is 14.7. The Morgan fingerprint density at radius 1 is 1.50 bits per heavy atom. The number of carbonyl (C=O) groups is 1. The summed E-state index contributed by atoms with van der Waals surface area (Å²) in [7, 11) is 0. The van der Waals surface area contributed by atoms with E-state index in [1.807, 2.05) is 0 Å². The van der Waals surface area contributed by atoms with Crippen LogP contribution < -0.4 is 10.6 Å². The lowest BCUT2D eigenvalue weighted by atomic mass is 9.96. The first-order chi connectivity index (χ1) is 9.74. The molecule has 1 heterocycles. The van der Waals surface area contributed by atoms with E-state index in [4.69, 9.17) is 0 Å². The van der Waals surface area contributed by atoms with Crippen molar-refractivity contribution in [1.82, 2.24) is 10.6 Å². The van der Waals surface area contributed by atoms with Crippen LogP contribution in [0.5, 0.6) is 0 Å². The largest absolute Gasteiger partial charge is 0.353 e. The zero-order valence-corrected chi connectivity index (χ0v) is 11.6. The first-order valence-electron chi connectivity index (χ1n) is 7.16. The van der Waals surface area contributed by atoms with Crippen LogP contribution in [0.2, 0.25) is 0 Å². The number of nitrogens with one attached hydrogen (secondary N) is 2. The Bertz CT molecular complexity index is 467. The van der Waals surface area contributed by atoms with Gasteiger partial charge in [0.05, 0.1) is 0 Å². The fourth-order valence-electron chi connectivity index (χ4n) is 2.41. The van der Waals surface area contributed by atoms with E-state index < -0.39 is 0 Å². The molecule has 0 aromatic heterocycles. The molecule has 1 aromatic carbocycles. The maximum atomic E-state index is 13.0. The van der Waals surface area contributed by atoms with Gasteiger partial charge in [-0.3, -0.25) is 4.79 Å². The Hall–Kier alpha value is -1.68. The van der Waals surface area contributed by atoms with Gasteiger partial charge in [-0.25, -0.2) is 4.39 Å². The Balaban J connectivity index is 1.69. The molecule has 4 heteroatoms. The van der Waals surface area contributed by atoms with Gasteiger partial charge in [-0.2, -0.15) is 0 Å². The van der Waals surface area contributed by atoms with E-state index in [9.17, 15) is 9.18 Å². The molecular weight excluding hydrogens is 255 g/mol. The van der Waals surface area contributed by atoms with Crippen LogP contribution in [0.4, 0.5) is 4.39 Å². The van der Waals surface area contributed by atoms with E-state index in [0.717, 1.165) is 19.5 Å². The van der Waals surface area contributed by atoms with Crippen LogP contribution in [0.1, 0.15) is 24.8 Å². The van der Waals surface area contributed by atoms with Crippen LogP contribution in [0.15, 0.2) is 30.3 Å². The molecule has 0 unspecified atom stereocenters. The van der Waals surface area contributed by atoms with E-state index in [2.05, 4.69) is 10.6 Å². The highest BCUT2D eigenvalue weighted by molar-refractivity contribution is 5.91. The molecule has 3 nitrogen and oxygen atoms in total. The summed E-state index contributed by atoms with van der Waals surface area (Å²) in [6.45, 7) is 2.85. The van der Waals surface area contributed by atoms with Gasteiger partial charge >= 0.3 is 0 Å². The van der Waals surface area contributed by atoms with E-state index >= 15 is 0 Å². The van der Waals surface area contributed by atoms with E-state index in [1.54, 1.807) is 18.2 Å². The van der Waals surface area contributed by atoms with Crippen molar-refractivity contribution in [3.63, 3.8) is 0 Å². The molecule has 0 radical (unpaired) electrons. The lowest BCUT2D eigenvalue weighted by Crippen LogP contribution is -2.32. The number of rotatable bonds is 5. The zero-order chi connectivity index (χ0) is 14.2. The van der Waals surface area contributed by atoms with Crippen molar-refractivity contribution < 1.29 is 9.18 Å². The second-order valence-corrected chi connectivity index (χ2v) is 5.18. The average molecular weight is 276 g/mol. The number of carbonyl (C=O) groups excluding carboxylic acids is 1. The molecule has 0 spiro atoms. The van der Waals surface area contributed by atoms with Crippen molar-refractivity contribution in [2.45, 2.75) is 19.3 Å². The number of halogens is 1. The van der Waals surface area contributed by atoms with Crippen molar-refractivity contribution in [2.24, 2.45) is 5.92 Å². The standard InChI is InChI=1S/C16H21FN2O/c17-15-5-1-3-13(11-15)6-7-16(20)19-10-8-14-4-2-9-18-12-14/h1,3,5-7,11,14,18H,2,4,8-10,12H2,(H,19,20)/b7-6+/t14-/m0/s1. The second-order valence-electron chi connectivity index (χ2n) is 5.18. The normalized spacial score (nSPS) is 19.1. The maximum absolute atomic E-state index is 13.0. The minimum Gasteiger partial charge on any atom is -0.353 e. The number of hydrogen-bond acceptors (Lipinski definition) is 2. The van der Waals surface area contributed by atoms with Crippen LogP contribution >= 0.6 is 0 Å². The highest BCUT2D eigenvalue weighted by atomic mass is 19.1. The molecule has 108 valence electrons. The van der Waals surface area contributed by atoms with Crippen LogP contribution in [0, 0.1) is 11.7 Å². The fraction of sp³-hybridized carbons (Fsp3) is 0.438. The highest BCUT2D eigenvalue weighted by Crippen LogP contribution is 2.12. The molecule has 20 heavy (non-hydrogen) atoms. The van der Waals surface area contributed by atoms with Crippen LogP contribution in [0.3, 0.4) is 0 Å². The molecule has 2 N–H and O–H groups in total. The molecule has 2 rings (SSSR count). The predicted molar refractivity (Wildman–Crippen MR) is 78.7 cm³/mol. The molecule has 1 aliphatic rings. The Labute approximate surface area is 119 Å². The zero-order valence-electron chi connectivity index (χ0n) is 11.6. The lowest BCUT2D eigenvalue weighted by Gasteiger charge is -2.22. The summed E-state index contributed by atoms with van der Waals surface area (Å²) < 4.78 is 13.0. The van der Waals surface area contributed by atoms with Gasteiger partial charge in [0.25, 0.3) is 0 Å². The van der Waals surface area contributed by atoms with Crippen molar-refractivity contribution in [3.8, 4) is 0 Å². The van der Waals surface area contributed by atoms with Crippen molar-refractivity contribution in [3.05, 3.63) is 41.7 Å². The quantitative estimate of drug-likeness (QED) is 0.811. The molecule has 0 bridgehead atoms. The van der Waals surface area contributed by atoms with Gasteiger partial charge < -0.3 is 10.6 Å². The summed E-state index contributed by atoms with van der Waals surface area (Å²) in [5, 5.41) is 6.23. The first-order valence-corrected chi connectivity index (χ1v) is 7.16. The Morgan fingerprint density at radius 3 is 3.15 bits per heavy atom. The maximum Gasteiger partial charge on any atom is 0.243 e. The lowest BCUT2D eigenvalue weighted by molar-refractivity contribution is -0.116. The van der Waals surface area contributed by atoms with Crippen molar-refractivity contribution in [1.29, 1.82) is 0 Å². The van der Waals surface area contributed by atoms with E-state index in [1.165, 1.54) is 31.1 Å². The summed E-state index contributed by atoms with van der Waals surface area (Å²) in [6, 6.07) is 6.18. The summed E-state index contributed by atoms with van der Waals surface area (Å²) in [6.07, 6.45) is 6.54. The Morgan fingerprint density at radius 2 is 2.40 bits per heavy atom. The van der Waals surface area contributed by atoms with Gasteiger partial charge in [0.1, 0.15) is 5.82 Å². The van der Waals surface area contributed by atoms with Crippen LogP contribution in [-0.4, -0.2) is 25.5 Å². The molecular formula is C16H21FN2O. The molecule has 1 aromatic rings. The van der Waals surface area contributed by atoms with Gasteiger partial charge in [0.15, 0.2) is 0 Å². The molecule has 1 aliphatic heterocycles. The topological polar surface area (TPSA) is 41.1 Å². The second kappa shape index (κ2) is 7.80. The third-order valence-corrected chi connectivity index (χ3v) is 3.53.